The van der Waals surface area contributed by atoms with Crippen LogP contribution in [0.4, 0.5) is 5.82 Å². The largest absolute Gasteiger partial charge is 0.355 e. The average molecular weight is 352 g/mol. The van der Waals surface area contributed by atoms with Crippen LogP contribution in [0.2, 0.25) is 0 Å². The lowest BCUT2D eigenvalue weighted by atomic mass is 10.0. The Morgan fingerprint density at radius 2 is 2.04 bits per heavy atom. The number of hydrogen-bond donors (Lipinski definition) is 1. The molecule has 138 valence electrons. The number of nitrogens with zero attached hydrogens (tertiary/aromatic N) is 3. The van der Waals surface area contributed by atoms with Gasteiger partial charge in [0, 0.05) is 31.9 Å². The van der Waals surface area contributed by atoms with E-state index in [1.165, 1.54) is 12.0 Å². The molecule has 1 amide bonds. The third-order valence-electron chi connectivity index (χ3n) is 5.02. The number of nitrogens with one attached hydrogen (secondary N) is 1. The van der Waals surface area contributed by atoms with Crippen LogP contribution in [0, 0.1) is 0 Å². The first kappa shape index (κ1) is 18.4. The molecule has 0 bridgehead atoms. The maximum atomic E-state index is 12.6. The molecule has 0 unspecified atom stereocenters. The van der Waals surface area contributed by atoms with Crippen LogP contribution in [0.3, 0.4) is 0 Å². The molecule has 0 radical (unpaired) electrons. The minimum atomic E-state index is -0.00841. The number of benzene rings is 1. The SMILES string of the molecule is CN(Cc1ccccc1)c1ncccc1CNC(=O)[C@@H]1CCCCN1C. The second-order valence-corrected chi connectivity index (χ2v) is 7.04. The Morgan fingerprint density at radius 1 is 1.23 bits per heavy atom. The predicted octanol–water partition coefficient (Wildman–Crippen LogP) is 2.82. The van der Waals surface area contributed by atoms with Gasteiger partial charge in [0.15, 0.2) is 0 Å². The summed E-state index contributed by atoms with van der Waals surface area (Å²) in [5, 5.41) is 3.11. The number of carbonyl (C=O) groups is 1. The number of pyridine rings is 1. The molecule has 1 fully saturated rings. The van der Waals surface area contributed by atoms with E-state index in [4.69, 9.17) is 0 Å². The average Bonchev–Trinajstić information content (AvgIpc) is 2.67. The van der Waals surface area contributed by atoms with Gasteiger partial charge >= 0.3 is 0 Å². The number of likely N-dealkylation sites (tertiary alicyclic amines) is 1. The Balaban J connectivity index is 1.64. The van der Waals surface area contributed by atoms with E-state index in [-0.39, 0.29) is 11.9 Å². The van der Waals surface area contributed by atoms with Crippen molar-refractivity contribution in [2.75, 3.05) is 25.5 Å². The van der Waals surface area contributed by atoms with Gasteiger partial charge in [0.2, 0.25) is 5.91 Å². The zero-order valence-corrected chi connectivity index (χ0v) is 15.7. The number of hydrogen-bond acceptors (Lipinski definition) is 4. The molecule has 0 saturated carbocycles. The maximum absolute atomic E-state index is 12.6. The molecule has 1 atom stereocenters. The highest BCUT2D eigenvalue weighted by molar-refractivity contribution is 5.81. The molecule has 1 saturated heterocycles. The molecule has 5 heteroatoms. The summed E-state index contributed by atoms with van der Waals surface area (Å²) in [6, 6.07) is 14.3. The molecule has 1 aromatic heterocycles. The highest BCUT2D eigenvalue weighted by Gasteiger charge is 2.25. The van der Waals surface area contributed by atoms with Crippen molar-refractivity contribution < 1.29 is 4.79 Å². The van der Waals surface area contributed by atoms with Crippen molar-refractivity contribution in [2.24, 2.45) is 0 Å². The number of anilines is 1. The minimum Gasteiger partial charge on any atom is -0.355 e. The van der Waals surface area contributed by atoms with Gasteiger partial charge in [0.05, 0.1) is 6.04 Å². The van der Waals surface area contributed by atoms with E-state index in [1.807, 2.05) is 44.4 Å². The van der Waals surface area contributed by atoms with Gasteiger partial charge in [-0.05, 0) is 38.1 Å². The lowest BCUT2D eigenvalue weighted by Crippen LogP contribution is -2.47. The molecule has 5 nitrogen and oxygen atoms in total. The van der Waals surface area contributed by atoms with Crippen LogP contribution in [0.15, 0.2) is 48.7 Å². The molecule has 1 aliphatic heterocycles. The third-order valence-corrected chi connectivity index (χ3v) is 5.02. The smallest absolute Gasteiger partial charge is 0.237 e. The van der Waals surface area contributed by atoms with E-state index < -0.39 is 0 Å². The molecular weight excluding hydrogens is 324 g/mol. The Labute approximate surface area is 156 Å². The predicted molar refractivity (Wildman–Crippen MR) is 105 cm³/mol. The molecule has 1 aromatic carbocycles. The van der Waals surface area contributed by atoms with Crippen LogP contribution < -0.4 is 10.2 Å². The van der Waals surface area contributed by atoms with Crippen LogP contribution in [0.25, 0.3) is 0 Å². The second-order valence-electron chi connectivity index (χ2n) is 7.04. The number of carbonyl (C=O) groups excluding carboxylic acids is 1. The number of amides is 1. The minimum absolute atomic E-state index is 0.00841. The number of rotatable bonds is 6. The fraction of sp³-hybridized carbons (Fsp3) is 0.429. The number of likely N-dealkylation sites (N-methyl/N-ethyl adjacent to an activating group) is 1. The third kappa shape index (κ3) is 4.61. The topological polar surface area (TPSA) is 48.5 Å². The van der Waals surface area contributed by atoms with Crippen molar-refractivity contribution in [1.29, 1.82) is 0 Å². The van der Waals surface area contributed by atoms with Gasteiger partial charge in [-0.2, -0.15) is 0 Å². The van der Waals surface area contributed by atoms with E-state index in [1.54, 1.807) is 6.20 Å². The molecule has 0 aliphatic carbocycles. The summed E-state index contributed by atoms with van der Waals surface area (Å²) < 4.78 is 0. The first-order chi connectivity index (χ1) is 12.6. The number of aromatic nitrogens is 1. The lowest BCUT2D eigenvalue weighted by Gasteiger charge is -2.31. The second kappa shape index (κ2) is 8.81. The van der Waals surface area contributed by atoms with Crippen LogP contribution in [0.1, 0.15) is 30.4 Å². The van der Waals surface area contributed by atoms with Gasteiger partial charge < -0.3 is 10.2 Å². The van der Waals surface area contributed by atoms with Crippen molar-refractivity contribution in [2.45, 2.75) is 38.4 Å². The highest BCUT2D eigenvalue weighted by atomic mass is 16.2. The Hall–Kier alpha value is -2.40. The summed E-state index contributed by atoms with van der Waals surface area (Å²) >= 11 is 0. The van der Waals surface area contributed by atoms with Crippen molar-refractivity contribution in [3.8, 4) is 0 Å². The Kier molecular flexibility index (Phi) is 6.23. The van der Waals surface area contributed by atoms with E-state index >= 15 is 0 Å². The first-order valence-electron chi connectivity index (χ1n) is 9.32. The molecule has 2 aromatic rings. The van der Waals surface area contributed by atoms with Crippen molar-refractivity contribution in [1.82, 2.24) is 15.2 Å². The molecule has 1 N–H and O–H groups in total. The van der Waals surface area contributed by atoms with Gasteiger partial charge in [0.25, 0.3) is 0 Å². The van der Waals surface area contributed by atoms with Crippen LogP contribution >= 0.6 is 0 Å². The summed E-state index contributed by atoms with van der Waals surface area (Å²) in [6.45, 7) is 2.28. The summed E-state index contributed by atoms with van der Waals surface area (Å²) in [5.74, 6) is 1.03. The molecule has 3 rings (SSSR count). The van der Waals surface area contributed by atoms with Crippen LogP contribution in [-0.2, 0) is 17.9 Å². The molecular formula is C21H28N4O. The lowest BCUT2D eigenvalue weighted by molar-refractivity contribution is -0.127. The van der Waals surface area contributed by atoms with Gasteiger partial charge in [0.1, 0.15) is 5.82 Å². The standard InChI is InChI=1S/C21H28N4O/c1-24-14-7-6-12-19(24)21(26)23-15-18-11-8-13-22-20(18)25(2)16-17-9-4-3-5-10-17/h3-5,8-11,13,19H,6-7,12,14-16H2,1-2H3,(H,23,26)/t19-/m0/s1. The molecule has 2 heterocycles. The summed E-state index contributed by atoms with van der Waals surface area (Å²) in [6.07, 6.45) is 5.05. The van der Waals surface area contributed by atoms with Crippen molar-refractivity contribution in [3.05, 3.63) is 59.8 Å². The quantitative estimate of drug-likeness (QED) is 0.868. The molecule has 26 heavy (non-hydrogen) atoms. The summed E-state index contributed by atoms with van der Waals surface area (Å²) in [5.41, 5.74) is 2.28. The normalized spacial score (nSPS) is 17.7. The van der Waals surface area contributed by atoms with Gasteiger partial charge in [-0.3, -0.25) is 9.69 Å². The van der Waals surface area contributed by atoms with Gasteiger partial charge in [-0.25, -0.2) is 4.98 Å². The van der Waals surface area contributed by atoms with E-state index in [0.29, 0.717) is 6.54 Å². The van der Waals surface area contributed by atoms with E-state index in [2.05, 4.69) is 32.2 Å². The van der Waals surface area contributed by atoms with Crippen molar-refractivity contribution in [3.63, 3.8) is 0 Å². The zero-order chi connectivity index (χ0) is 18.4. The fourth-order valence-corrected chi connectivity index (χ4v) is 3.55. The monoisotopic (exact) mass is 352 g/mol. The highest BCUT2D eigenvalue weighted by Crippen LogP contribution is 2.19. The zero-order valence-electron chi connectivity index (χ0n) is 15.7. The summed E-state index contributed by atoms with van der Waals surface area (Å²) in [7, 11) is 4.07. The Bertz CT molecular complexity index is 719. The first-order valence-corrected chi connectivity index (χ1v) is 9.32. The fourth-order valence-electron chi connectivity index (χ4n) is 3.55. The van der Waals surface area contributed by atoms with E-state index in [9.17, 15) is 4.79 Å². The van der Waals surface area contributed by atoms with Gasteiger partial charge in [-0.15, -0.1) is 0 Å². The molecule has 1 aliphatic rings. The summed E-state index contributed by atoms with van der Waals surface area (Å²) in [4.78, 5) is 21.4. The van der Waals surface area contributed by atoms with Crippen LogP contribution in [0.5, 0.6) is 0 Å². The Morgan fingerprint density at radius 3 is 2.81 bits per heavy atom. The number of piperidine rings is 1. The van der Waals surface area contributed by atoms with Crippen molar-refractivity contribution >= 4 is 11.7 Å². The molecule has 0 spiro atoms. The maximum Gasteiger partial charge on any atom is 0.237 e. The van der Waals surface area contributed by atoms with E-state index in [0.717, 1.165) is 37.3 Å². The van der Waals surface area contributed by atoms with Gasteiger partial charge in [-0.1, -0.05) is 42.8 Å². The van der Waals surface area contributed by atoms with Crippen LogP contribution in [-0.4, -0.2) is 42.5 Å².